The van der Waals surface area contributed by atoms with E-state index in [0.29, 0.717) is 6.61 Å². The Labute approximate surface area is 83.8 Å². The van der Waals surface area contributed by atoms with Crippen LogP contribution >= 0.6 is 0 Å². The van der Waals surface area contributed by atoms with Gasteiger partial charge in [-0.05, 0) is 0 Å². The van der Waals surface area contributed by atoms with Gasteiger partial charge in [0, 0.05) is 0 Å². The summed E-state index contributed by atoms with van der Waals surface area (Å²) in [5.74, 6) is 0.727. The predicted octanol–water partition coefficient (Wildman–Crippen LogP) is -1.73. The number of ether oxygens (including phenoxy) is 1. The average molecular weight is 153 g/mol. The Hall–Kier alpha value is -0.713. The molecule has 0 saturated carbocycles. The first-order chi connectivity index (χ1) is 5.47. The Morgan fingerprint density at radius 2 is 2.33 bits per heavy atom. The fourth-order valence-corrected chi connectivity index (χ4v) is 1.02. The molecule has 0 atom stereocenters. The molecule has 0 amide bonds. The van der Waals surface area contributed by atoms with E-state index in [4.69, 9.17) is 4.74 Å². The van der Waals surface area contributed by atoms with Gasteiger partial charge in [-0.25, -0.2) is 0 Å². The summed E-state index contributed by atoms with van der Waals surface area (Å²) in [6, 6.07) is 10.7. The van der Waals surface area contributed by atoms with E-state index < -0.39 is 0 Å². The summed E-state index contributed by atoms with van der Waals surface area (Å²) in [5.41, 5.74) is 0.949. The van der Waals surface area contributed by atoms with Crippen molar-refractivity contribution in [2.24, 2.45) is 4.99 Å². The Morgan fingerprint density at radius 3 is 2.92 bits per heavy atom. The van der Waals surface area contributed by atoms with E-state index in [1.165, 1.54) is 0 Å². The van der Waals surface area contributed by atoms with Crippen LogP contribution in [0.4, 0.5) is 0 Å². The van der Waals surface area contributed by atoms with E-state index in [-0.39, 0.29) is 18.9 Å². The van der Waals surface area contributed by atoms with Crippen LogP contribution in [0.25, 0.3) is 0 Å². The Kier molecular flexibility index (Phi) is 3.40. The summed E-state index contributed by atoms with van der Waals surface area (Å²) >= 11 is 0. The van der Waals surface area contributed by atoms with Crippen molar-refractivity contribution in [2.75, 3.05) is 13.2 Å². The fraction of sp³-hybridized carbons (Fsp3) is 0.222. The van der Waals surface area contributed by atoms with Crippen LogP contribution in [0.2, 0.25) is 0 Å². The molecular weight excluding hydrogens is 145 g/mol. The molecule has 2 nitrogen and oxygen atoms in total. The molecule has 0 aliphatic carbocycles. The zero-order valence-electron chi connectivity index (χ0n) is 7.08. The minimum absolute atomic E-state index is 0. The molecule has 3 heteroatoms. The van der Waals surface area contributed by atoms with Gasteiger partial charge < -0.3 is 4.74 Å². The third-order valence-corrected chi connectivity index (χ3v) is 1.52. The first kappa shape index (κ1) is 9.38. The van der Waals surface area contributed by atoms with Gasteiger partial charge in [-0.15, -0.1) is 30.3 Å². The molecule has 0 radical (unpaired) electrons. The van der Waals surface area contributed by atoms with Gasteiger partial charge in [0.15, 0.2) is 0 Å². The second-order valence-electron chi connectivity index (χ2n) is 2.31. The van der Waals surface area contributed by atoms with Gasteiger partial charge in [0.25, 0.3) is 0 Å². The van der Waals surface area contributed by atoms with Gasteiger partial charge in [0.1, 0.15) is 5.90 Å². The quantitative estimate of drug-likeness (QED) is 0.347. The normalized spacial score (nSPS) is 14.5. The van der Waals surface area contributed by atoms with Crippen LogP contribution in [0.3, 0.4) is 0 Å². The number of nitrogens with zero attached hydrogens (tertiary/aromatic N) is 1. The molecule has 12 heavy (non-hydrogen) atoms. The third kappa shape index (κ3) is 1.91. The summed E-state index contributed by atoms with van der Waals surface area (Å²) in [6.07, 6.45) is 0. The van der Waals surface area contributed by atoms with Gasteiger partial charge in [-0.2, -0.15) is 0 Å². The van der Waals surface area contributed by atoms with Crippen molar-refractivity contribution in [1.29, 1.82) is 0 Å². The molecule has 0 N–H and O–H groups in total. The van der Waals surface area contributed by atoms with Crippen LogP contribution in [0.1, 0.15) is 5.56 Å². The van der Waals surface area contributed by atoms with Crippen molar-refractivity contribution in [1.82, 2.24) is 0 Å². The van der Waals surface area contributed by atoms with Crippen LogP contribution in [-0.2, 0) is 4.74 Å². The molecule has 1 heterocycles. The Balaban J connectivity index is 0.000000720. The topological polar surface area (TPSA) is 21.6 Å². The smallest absolute Gasteiger partial charge is 0.518 e. The molecule has 2 rings (SSSR count). The minimum atomic E-state index is 0. The molecule has 0 fully saturated rings. The second-order valence-corrected chi connectivity index (χ2v) is 2.31. The monoisotopic (exact) mass is 153 g/mol. The Bertz CT molecular complexity index is 271. The Morgan fingerprint density at radius 1 is 1.42 bits per heavy atom. The van der Waals surface area contributed by atoms with E-state index >= 15 is 0 Å². The van der Waals surface area contributed by atoms with Gasteiger partial charge in [0.2, 0.25) is 0 Å². The van der Waals surface area contributed by atoms with E-state index in [1.807, 2.05) is 24.3 Å². The minimum Gasteiger partial charge on any atom is -0.518 e. The van der Waals surface area contributed by atoms with Gasteiger partial charge in [-0.3, -0.25) is 4.99 Å². The molecule has 1 aliphatic heterocycles. The summed E-state index contributed by atoms with van der Waals surface area (Å²) < 4.78 is 5.26. The van der Waals surface area contributed by atoms with Gasteiger partial charge >= 0.3 is 18.9 Å². The van der Waals surface area contributed by atoms with E-state index in [9.17, 15) is 0 Å². The van der Waals surface area contributed by atoms with Crippen molar-refractivity contribution < 1.29 is 23.6 Å². The number of hydrogen-bond acceptors (Lipinski definition) is 2. The number of hydrogen-bond donors (Lipinski definition) is 0. The molecule has 1 aromatic rings. The SMILES string of the molecule is [Li+].[c-]1ccccc1C1=NCCO1. The van der Waals surface area contributed by atoms with Crippen LogP contribution in [-0.4, -0.2) is 19.0 Å². The van der Waals surface area contributed by atoms with E-state index in [0.717, 1.165) is 18.0 Å². The predicted molar refractivity (Wildman–Crippen MR) is 42.6 cm³/mol. The fourth-order valence-electron chi connectivity index (χ4n) is 1.02. The molecule has 0 aromatic heterocycles. The zero-order valence-corrected chi connectivity index (χ0v) is 7.08. The molecule has 0 unspecified atom stereocenters. The molecule has 0 spiro atoms. The second kappa shape index (κ2) is 4.35. The first-order valence-corrected chi connectivity index (χ1v) is 3.61. The van der Waals surface area contributed by atoms with Crippen LogP contribution in [0.5, 0.6) is 0 Å². The van der Waals surface area contributed by atoms with Crippen molar-refractivity contribution >= 4 is 5.90 Å². The van der Waals surface area contributed by atoms with Crippen LogP contribution < -0.4 is 18.9 Å². The largest absolute Gasteiger partial charge is 1.00 e. The molecular formula is C9H8LiNO. The van der Waals surface area contributed by atoms with Crippen molar-refractivity contribution in [3.63, 3.8) is 0 Å². The molecule has 56 valence electrons. The third-order valence-electron chi connectivity index (χ3n) is 1.52. The number of aliphatic imine (C=N–C) groups is 1. The van der Waals surface area contributed by atoms with Crippen molar-refractivity contribution in [3.05, 3.63) is 35.9 Å². The maximum Gasteiger partial charge on any atom is 1.00 e. The van der Waals surface area contributed by atoms with Gasteiger partial charge in [-0.1, -0.05) is 5.56 Å². The van der Waals surface area contributed by atoms with E-state index in [1.54, 1.807) is 0 Å². The summed E-state index contributed by atoms with van der Waals surface area (Å²) in [6.45, 7) is 1.48. The molecule has 1 aromatic carbocycles. The molecule has 0 bridgehead atoms. The molecule has 0 saturated heterocycles. The summed E-state index contributed by atoms with van der Waals surface area (Å²) in [5, 5.41) is 0. The summed E-state index contributed by atoms with van der Waals surface area (Å²) in [7, 11) is 0. The van der Waals surface area contributed by atoms with Crippen LogP contribution in [0.15, 0.2) is 29.3 Å². The van der Waals surface area contributed by atoms with Crippen molar-refractivity contribution in [3.8, 4) is 0 Å². The first-order valence-electron chi connectivity index (χ1n) is 3.61. The number of rotatable bonds is 1. The standard InChI is InChI=1S/C9H8NO.Li/c1-2-4-8(5-3-1)9-10-6-7-11-9;/h1-4H,6-7H2;/q-1;+1. The summed E-state index contributed by atoms with van der Waals surface area (Å²) in [4.78, 5) is 4.17. The van der Waals surface area contributed by atoms with Crippen molar-refractivity contribution in [2.45, 2.75) is 0 Å². The molecule has 1 aliphatic rings. The van der Waals surface area contributed by atoms with Gasteiger partial charge in [0.05, 0.1) is 13.2 Å². The van der Waals surface area contributed by atoms with E-state index in [2.05, 4.69) is 11.1 Å². The maximum absolute atomic E-state index is 5.26. The maximum atomic E-state index is 5.26. The van der Waals surface area contributed by atoms with Crippen LogP contribution in [0, 0.1) is 6.07 Å². The average Bonchev–Trinajstić information content (AvgIpc) is 2.58. The zero-order chi connectivity index (χ0) is 7.52. The number of benzene rings is 1.